The number of carboxylic acids is 1. The quantitative estimate of drug-likeness (QED) is 0.897. The molecule has 94 valence electrons. The normalized spacial score (nSPS) is 12.3. The Kier molecular flexibility index (Phi) is 3.41. The second kappa shape index (κ2) is 5.00. The van der Waals surface area contributed by atoms with Gasteiger partial charge in [-0.1, -0.05) is 6.92 Å². The molecule has 0 spiro atoms. The first kappa shape index (κ1) is 12.3. The molecule has 0 aliphatic carbocycles. The molecule has 0 saturated carbocycles. The lowest BCUT2D eigenvalue weighted by Crippen LogP contribution is -2.14. The first-order valence-corrected chi connectivity index (χ1v) is 5.74. The van der Waals surface area contributed by atoms with Gasteiger partial charge >= 0.3 is 5.97 Å². The highest BCUT2D eigenvalue weighted by Crippen LogP contribution is 2.22. The van der Waals surface area contributed by atoms with Gasteiger partial charge in [-0.3, -0.25) is 4.79 Å². The van der Waals surface area contributed by atoms with Crippen LogP contribution >= 0.6 is 0 Å². The summed E-state index contributed by atoms with van der Waals surface area (Å²) in [7, 11) is 0. The fraction of sp³-hybridized carbons (Fsp3) is 0.308. The molecule has 2 aromatic rings. The number of carboxylic acid groups (broad SMARTS) is 1. The van der Waals surface area contributed by atoms with E-state index in [-0.39, 0.29) is 0 Å². The number of nitrogens with zero attached hydrogens (tertiary/aromatic N) is 2. The number of aromatic nitrogens is 2. The first-order chi connectivity index (χ1) is 8.61. The zero-order chi connectivity index (χ0) is 13.1. The zero-order valence-corrected chi connectivity index (χ0v) is 10.3. The maximum absolute atomic E-state index is 11.1. The second-order valence-electron chi connectivity index (χ2n) is 4.01. The summed E-state index contributed by atoms with van der Waals surface area (Å²) >= 11 is 0. The van der Waals surface area contributed by atoms with E-state index in [1.807, 2.05) is 19.1 Å². The third-order valence-corrected chi connectivity index (χ3v) is 2.69. The molecule has 2 aromatic heterocycles. The highest BCUT2D eigenvalue weighted by molar-refractivity contribution is 5.74. The maximum Gasteiger partial charge on any atom is 0.314 e. The largest absolute Gasteiger partial charge is 0.481 e. The number of aryl methyl sites for hydroxylation is 1. The fourth-order valence-corrected chi connectivity index (χ4v) is 1.72. The summed E-state index contributed by atoms with van der Waals surface area (Å²) in [5.41, 5.74) is 0.604. The highest BCUT2D eigenvalue weighted by Gasteiger charge is 2.21. The zero-order valence-electron chi connectivity index (χ0n) is 10.3. The van der Waals surface area contributed by atoms with Crippen LogP contribution in [-0.4, -0.2) is 21.0 Å². The van der Waals surface area contributed by atoms with E-state index >= 15 is 0 Å². The smallest absolute Gasteiger partial charge is 0.314 e. The van der Waals surface area contributed by atoms with Crippen molar-refractivity contribution in [2.24, 2.45) is 0 Å². The monoisotopic (exact) mass is 246 g/mol. The molecule has 2 heterocycles. The van der Waals surface area contributed by atoms with Crippen molar-refractivity contribution in [1.29, 1.82) is 0 Å². The van der Waals surface area contributed by atoms with E-state index in [2.05, 4.69) is 9.97 Å². The Morgan fingerprint density at radius 2 is 2.22 bits per heavy atom. The molecule has 2 rings (SSSR count). The summed E-state index contributed by atoms with van der Waals surface area (Å²) in [5.74, 6) is 0.134. The predicted molar refractivity (Wildman–Crippen MR) is 65.1 cm³/mol. The van der Waals surface area contributed by atoms with Crippen LogP contribution in [0.1, 0.15) is 30.8 Å². The lowest BCUT2D eigenvalue weighted by molar-refractivity contribution is -0.139. The van der Waals surface area contributed by atoms with Crippen molar-refractivity contribution in [2.45, 2.75) is 26.2 Å². The highest BCUT2D eigenvalue weighted by atomic mass is 16.4. The number of rotatable bonds is 4. The molecule has 1 unspecified atom stereocenters. The Bertz CT molecular complexity index is 563. The number of hydrogen-bond acceptors (Lipinski definition) is 4. The Labute approximate surface area is 105 Å². The van der Waals surface area contributed by atoms with E-state index in [0.717, 1.165) is 5.76 Å². The molecule has 0 radical (unpaired) electrons. The van der Waals surface area contributed by atoms with E-state index in [1.54, 1.807) is 19.2 Å². The van der Waals surface area contributed by atoms with Gasteiger partial charge in [0.05, 0.1) is 0 Å². The van der Waals surface area contributed by atoms with Crippen LogP contribution in [0, 0.1) is 6.92 Å². The molecule has 18 heavy (non-hydrogen) atoms. The van der Waals surface area contributed by atoms with Gasteiger partial charge in [0.1, 0.15) is 23.2 Å². The molecule has 0 aliphatic heterocycles. The van der Waals surface area contributed by atoms with Gasteiger partial charge in [0, 0.05) is 6.20 Å². The summed E-state index contributed by atoms with van der Waals surface area (Å²) in [5, 5.41) is 9.09. The molecule has 1 N–H and O–H groups in total. The number of aliphatic carboxylic acids is 1. The van der Waals surface area contributed by atoms with Gasteiger partial charge in [-0.15, -0.1) is 0 Å². The average molecular weight is 246 g/mol. The van der Waals surface area contributed by atoms with Gasteiger partial charge in [-0.05, 0) is 31.5 Å². The number of hydrogen-bond donors (Lipinski definition) is 1. The van der Waals surface area contributed by atoms with Gasteiger partial charge in [-0.2, -0.15) is 0 Å². The standard InChI is InChI=1S/C13H14N2O3/c1-3-9(13(16)17)12-14-7-6-10(15-12)11-5-4-8(2)18-11/h4-7,9H,3H2,1-2H3,(H,16,17). The van der Waals surface area contributed by atoms with E-state index in [9.17, 15) is 4.79 Å². The van der Waals surface area contributed by atoms with Crippen molar-refractivity contribution in [2.75, 3.05) is 0 Å². The SMILES string of the molecule is CCC(C(=O)O)c1nccc(-c2ccc(C)o2)n1. The van der Waals surface area contributed by atoms with Crippen LogP contribution in [0.3, 0.4) is 0 Å². The lowest BCUT2D eigenvalue weighted by Gasteiger charge is -2.08. The van der Waals surface area contributed by atoms with E-state index < -0.39 is 11.9 Å². The van der Waals surface area contributed by atoms with Crippen LogP contribution in [0.2, 0.25) is 0 Å². The minimum Gasteiger partial charge on any atom is -0.481 e. The topological polar surface area (TPSA) is 76.2 Å². The number of carbonyl (C=O) groups is 1. The molecule has 0 aliphatic rings. The van der Waals surface area contributed by atoms with Gasteiger partial charge in [0.25, 0.3) is 0 Å². The van der Waals surface area contributed by atoms with Crippen LogP contribution in [0.5, 0.6) is 0 Å². The minimum atomic E-state index is -0.912. The van der Waals surface area contributed by atoms with E-state index in [0.29, 0.717) is 23.7 Å². The lowest BCUT2D eigenvalue weighted by atomic mass is 10.1. The Balaban J connectivity index is 2.38. The van der Waals surface area contributed by atoms with Crippen LogP contribution in [-0.2, 0) is 4.79 Å². The van der Waals surface area contributed by atoms with Crippen molar-refractivity contribution in [3.63, 3.8) is 0 Å². The van der Waals surface area contributed by atoms with Crippen molar-refractivity contribution < 1.29 is 14.3 Å². The van der Waals surface area contributed by atoms with Crippen molar-refractivity contribution in [3.8, 4) is 11.5 Å². The van der Waals surface area contributed by atoms with Gasteiger partial charge < -0.3 is 9.52 Å². The Morgan fingerprint density at radius 3 is 2.78 bits per heavy atom. The Morgan fingerprint density at radius 1 is 1.44 bits per heavy atom. The molecule has 0 aromatic carbocycles. The van der Waals surface area contributed by atoms with Crippen LogP contribution < -0.4 is 0 Å². The van der Waals surface area contributed by atoms with Crippen LogP contribution in [0.4, 0.5) is 0 Å². The molecule has 5 nitrogen and oxygen atoms in total. The summed E-state index contributed by atoms with van der Waals surface area (Å²) < 4.78 is 5.46. The molecule has 0 amide bonds. The molecule has 0 fully saturated rings. The Hall–Kier alpha value is -2.17. The third kappa shape index (κ3) is 2.40. The fourth-order valence-electron chi connectivity index (χ4n) is 1.72. The first-order valence-electron chi connectivity index (χ1n) is 5.74. The van der Waals surface area contributed by atoms with Gasteiger partial charge in [0.2, 0.25) is 0 Å². The molecule has 1 atom stereocenters. The molecule has 0 bridgehead atoms. The van der Waals surface area contributed by atoms with Crippen molar-refractivity contribution in [1.82, 2.24) is 9.97 Å². The summed E-state index contributed by atoms with van der Waals surface area (Å²) in [6.07, 6.45) is 2.01. The summed E-state index contributed by atoms with van der Waals surface area (Å²) in [4.78, 5) is 19.4. The van der Waals surface area contributed by atoms with Gasteiger partial charge in [-0.25, -0.2) is 9.97 Å². The minimum absolute atomic E-state index is 0.316. The van der Waals surface area contributed by atoms with Crippen molar-refractivity contribution >= 4 is 5.97 Å². The van der Waals surface area contributed by atoms with E-state index in [1.165, 1.54) is 0 Å². The molecule has 0 saturated heterocycles. The summed E-state index contributed by atoms with van der Waals surface area (Å²) in [6, 6.07) is 5.35. The predicted octanol–water partition coefficient (Wildman–Crippen LogP) is 2.62. The third-order valence-electron chi connectivity index (χ3n) is 2.69. The van der Waals surface area contributed by atoms with Gasteiger partial charge in [0.15, 0.2) is 5.76 Å². The summed E-state index contributed by atoms with van der Waals surface area (Å²) in [6.45, 7) is 3.64. The molecule has 5 heteroatoms. The average Bonchev–Trinajstić information content (AvgIpc) is 2.77. The molecular formula is C13H14N2O3. The maximum atomic E-state index is 11.1. The van der Waals surface area contributed by atoms with Crippen molar-refractivity contribution in [3.05, 3.63) is 36.0 Å². The second-order valence-corrected chi connectivity index (χ2v) is 4.01. The van der Waals surface area contributed by atoms with E-state index in [4.69, 9.17) is 9.52 Å². The molecular weight excluding hydrogens is 232 g/mol. The number of furan rings is 1. The van der Waals surface area contributed by atoms with Crippen LogP contribution in [0.15, 0.2) is 28.8 Å². The van der Waals surface area contributed by atoms with Crippen LogP contribution in [0.25, 0.3) is 11.5 Å².